The van der Waals surface area contributed by atoms with Gasteiger partial charge in [-0.25, -0.2) is 0 Å². The zero-order valence-electron chi connectivity index (χ0n) is 10.5. The first kappa shape index (κ1) is 13.5. The van der Waals surface area contributed by atoms with Crippen LogP contribution in [-0.4, -0.2) is 47.8 Å². The molecule has 1 aliphatic heterocycles. The number of hydrogen-bond donors (Lipinski definition) is 1. The maximum Gasteiger partial charge on any atom is 0.228 e. The summed E-state index contributed by atoms with van der Waals surface area (Å²) >= 11 is 0. The lowest BCUT2D eigenvalue weighted by Crippen LogP contribution is -2.44. The van der Waals surface area contributed by atoms with Crippen LogP contribution in [0.2, 0.25) is 0 Å². The van der Waals surface area contributed by atoms with Crippen LogP contribution in [0.25, 0.3) is 0 Å². The standard InChI is InChI=1S/C12H23NO3/c1-4-11-10(5-8-16-11)12(15)13(6-7-14)9(2)3/h9-11,14H,4-8H2,1-3H3. The van der Waals surface area contributed by atoms with Gasteiger partial charge in [-0.15, -0.1) is 0 Å². The summed E-state index contributed by atoms with van der Waals surface area (Å²) in [6.45, 7) is 7.12. The van der Waals surface area contributed by atoms with Crippen LogP contribution in [0.1, 0.15) is 33.6 Å². The molecule has 1 saturated heterocycles. The van der Waals surface area contributed by atoms with Crippen LogP contribution in [0, 0.1) is 5.92 Å². The van der Waals surface area contributed by atoms with Crippen molar-refractivity contribution in [2.75, 3.05) is 19.8 Å². The molecule has 1 aliphatic rings. The third-order valence-corrected chi connectivity index (χ3v) is 3.18. The van der Waals surface area contributed by atoms with Crippen LogP contribution in [-0.2, 0) is 9.53 Å². The lowest BCUT2D eigenvalue weighted by molar-refractivity contribution is -0.139. The van der Waals surface area contributed by atoms with Gasteiger partial charge >= 0.3 is 0 Å². The highest BCUT2D eigenvalue weighted by Gasteiger charge is 2.35. The van der Waals surface area contributed by atoms with E-state index in [9.17, 15) is 4.79 Å². The summed E-state index contributed by atoms with van der Waals surface area (Å²) in [6.07, 6.45) is 1.75. The Bertz CT molecular complexity index is 226. The molecule has 0 saturated carbocycles. The monoisotopic (exact) mass is 229 g/mol. The minimum Gasteiger partial charge on any atom is -0.395 e. The minimum absolute atomic E-state index is 0.0149. The second-order valence-electron chi connectivity index (χ2n) is 4.56. The van der Waals surface area contributed by atoms with Crippen LogP contribution in [0.5, 0.6) is 0 Å². The van der Waals surface area contributed by atoms with Gasteiger partial charge < -0.3 is 14.7 Å². The fourth-order valence-corrected chi connectivity index (χ4v) is 2.28. The SMILES string of the molecule is CCC1OCCC1C(=O)N(CCO)C(C)C. The van der Waals surface area contributed by atoms with Gasteiger partial charge in [-0.05, 0) is 26.7 Å². The third kappa shape index (κ3) is 2.95. The maximum absolute atomic E-state index is 12.3. The van der Waals surface area contributed by atoms with E-state index in [0.29, 0.717) is 13.2 Å². The minimum atomic E-state index is -0.0149. The third-order valence-electron chi connectivity index (χ3n) is 3.18. The summed E-state index contributed by atoms with van der Waals surface area (Å²) in [5.41, 5.74) is 0. The number of carbonyl (C=O) groups is 1. The first-order valence-corrected chi connectivity index (χ1v) is 6.14. The molecular formula is C12H23NO3. The van der Waals surface area contributed by atoms with Crippen molar-refractivity contribution < 1.29 is 14.6 Å². The lowest BCUT2D eigenvalue weighted by Gasteiger charge is -2.30. The van der Waals surface area contributed by atoms with Crippen molar-refractivity contribution in [3.05, 3.63) is 0 Å². The van der Waals surface area contributed by atoms with E-state index in [4.69, 9.17) is 9.84 Å². The van der Waals surface area contributed by atoms with Crippen molar-refractivity contribution in [1.29, 1.82) is 0 Å². The van der Waals surface area contributed by atoms with Crippen molar-refractivity contribution in [2.45, 2.75) is 45.8 Å². The van der Waals surface area contributed by atoms with Crippen LogP contribution in [0.4, 0.5) is 0 Å². The topological polar surface area (TPSA) is 49.8 Å². The van der Waals surface area contributed by atoms with Gasteiger partial charge in [0.25, 0.3) is 0 Å². The first-order chi connectivity index (χ1) is 7.61. The van der Waals surface area contributed by atoms with E-state index in [1.54, 1.807) is 4.90 Å². The number of amides is 1. The molecule has 0 aromatic heterocycles. The highest BCUT2D eigenvalue weighted by Crippen LogP contribution is 2.25. The molecule has 0 spiro atoms. The Labute approximate surface area is 97.6 Å². The molecule has 4 heteroatoms. The molecule has 0 aliphatic carbocycles. The number of hydrogen-bond acceptors (Lipinski definition) is 3. The number of aliphatic hydroxyl groups is 1. The van der Waals surface area contributed by atoms with Gasteiger partial charge in [0.1, 0.15) is 0 Å². The number of rotatable bonds is 5. The molecule has 2 atom stereocenters. The Kier molecular flexibility index (Phi) is 5.22. The van der Waals surface area contributed by atoms with Crippen LogP contribution in [0.3, 0.4) is 0 Å². The number of aliphatic hydroxyl groups excluding tert-OH is 1. The molecule has 1 heterocycles. The summed E-state index contributed by atoms with van der Waals surface area (Å²) in [6, 6.07) is 0.137. The number of nitrogens with zero attached hydrogens (tertiary/aromatic N) is 1. The Hall–Kier alpha value is -0.610. The van der Waals surface area contributed by atoms with Crippen molar-refractivity contribution in [1.82, 2.24) is 4.90 Å². The molecule has 0 aromatic rings. The molecular weight excluding hydrogens is 206 g/mol. The van der Waals surface area contributed by atoms with Crippen molar-refractivity contribution in [3.63, 3.8) is 0 Å². The molecule has 0 bridgehead atoms. The molecule has 94 valence electrons. The van der Waals surface area contributed by atoms with Gasteiger partial charge in [-0.3, -0.25) is 4.79 Å². The molecule has 4 nitrogen and oxygen atoms in total. The smallest absolute Gasteiger partial charge is 0.228 e. The molecule has 0 aromatic carbocycles. The van der Waals surface area contributed by atoms with E-state index >= 15 is 0 Å². The number of carbonyl (C=O) groups excluding carboxylic acids is 1. The van der Waals surface area contributed by atoms with E-state index in [0.717, 1.165) is 12.8 Å². The fourth-order valence-electron chi connectivity index (χ4n) is 2.28. The van der Waals surface area contributed by atoms with E-state index in [1.807, 2.05) is 20.8 Å². The lowest BCUT2D eigenvalue weighted by atomic mass is 9.97. The van der Waals surface area contributed by atoms with Crippen molar-refractivity contribution in [2.24, 2.45) is 5.92 Å². The predicted octanol–water partition coefficient (Wildman–Crippen LogP) is 1.03. The van der Waals surface area contributed by atoms with Gasteiger partial charge in [0.2, 0.25) is 5.91 Å². The summed E-state index contributed by atoms with van der Waals surface area (Å²) in [4.78, 5) is 14.0. The van der Waals surface area contributed by atoms with E-state index in [-0.39, 0.29) is 30.6 Å². The van der Waals surface area contributed by atoms with Gasteiger partial charge in [-0.1, -0.05) is 6.92 Å². The van der Waals surface area contributed by atoms with Gasteiger partial charge in [0, 0.05) is 19.2 Å². The Morgan fingerprint density at radius 3 is 2.75 bits per heavy atom. The van der Waals surface area contributed by atoms with Gasteiger partial charge in [0.05, 0.1) is 18.6 Å². The fraction of sp³-hybridized carbons (Fsp3) is 0.917. The molecule has 1 N–H and O–H groups in total. The van der Waals surface area contributed by atoms with Crippen LogP contribution in [0.15, 0.2) is 0 Å². The Morgan fingerprint density at radius 1 is 1.56 bits per heavy atom. The van der Waals surface area contributed by atoms with Crippen molar-refractivity contribution in [3.8, 4) is 0 Å². The quantitative estimate of drug-likeness (QED) is 0.766. The molecule has 2 unspecified atom stereocenters. The highest BCUT2D eigenvalue weighted by atomic mass is 16.5. The number of ether oxygens (including phenoxy) is 1. The molecule has 1 amide bonds. The normalized spacial score (nSPS) is 25.1. The summed E-state index contributed by atoms with van der Waals surface area (Å²) in [7, 11) is 0. The Morgan fingerprint density at radius 2 is 2.25 bits per heavy atom. The summed E-state index contributed by atoms with van der Waals surface area (Å²) < 4.78 is 5.53. The predicted molar refractivity (Wildman–Crippen MR) is 62.1 cm³/mol. The largest absolute Gasteiger partial charge is 0.395 e. The molecule has 1 fully saturated rings. The summed E-state index contributed by atoms with van der Waals surface area (Å²) in [5, 5.41) is 8.98. The average molecular weight is 229 g/mol. The highest BCUT2D eigenvalue weighted by molar-refractivity contribution is 5.80. The van der Waals surface area contributed by atoms with Crippen LogP contribution >= 0.6 is 0 Å². The van der Waals surface area contributed by atoms with E-state index in [2.05, 4.69) is 0 Å². The van der Waals surface area contributed by atoms with Gasteiger partial charge in [-0.2, -0.15) is 0 Å². The second-order valence-corrected chi connectivity index (χ2v) is 4.56. The Balaban J connectivity index is 2.66. The van der Waals surface area contributed by atoms with Crippen LogP contribution < -0.4 is 0 Å². The van der Waals surface area contributed by atoms with Gasteiger partial charge in [0.15, 0.2) is 0 Å². The maximum atomic E-state index is 12.3. The average Bonchev–Trinajstić information content (AvgIpc) is 2.72. The van der Waals surface area contributed by atoms with Crippen molar-refractivity contribution >= 4 is 5.91 Å². The second kappa shape index (κ2) is 6.21. The molecule has 16 heavy (non-hydrogen) atoms. The van der Waals surface area contributed by atoms with E-state index < -0.39 is 0 Å². The molecule has 0 radical (unpaired) electrons. The first-order valence-electron chi connectivity index (χ1n) is 6.14. The summed E-state index contributed by atoms with van der Waals surface area (Å²) in [5.74, 6) is 0.118. The zero-order chi connectivity index (χ0) is 12.1. The molecule has 1 rings (SSSR count). The van der Waals surface area contributed by atoms with E-state index in [1.165, 1.54) is 0 Å². The zero-order valence-corrected chi connectivity index (χ0v) is 10.5.